The first-order chi connectivity index (χ1) is 15.6. The minimum atomic E-state index is -2.66. The van der Waals surface area contributed by atoms with Crippen LogP contribution in [0, 0.1) is 6.92 Å². The minimum Gasteiger partial charge on any atom is -0.484 e. The molecule has 0 bridgehead atoms. The zero-order chi connectivity index (χ0) is 23.8. The monoisotopic (exact) mass is 454 g/mol. The summed E-state index contributed by atoms with van der Waals surface area (Å²) in [6, 6.07) is 14.3. The molecule has 1 aliphatic rings. The molecule has 1 heterocycles. The molecule has 1 unspecified atom stereocenters. The highest BCUT2D eigenvalue weighted by Crippen LogP contribution is 2.39. The van der Waals surface area contributed by atoms with E-state index in [1.807, 2.05) is 52.0 Å². The van der Waals surface area contributed by atoms with Crippen molar-refractivity contribution in [2.45, 2.75) is 65.1 Å². The maximum absolute atomic E-state index is 13.8. The fourth-order valence-corrected chi connectivity index (χ4v) is 4.09. The molecule has 4 rings (SSSR count). The van der Waals surface area contributed by atoms with Crippen LogP contribution in [0.25, 0.3) is 5.69 Å². The molecule has 33 heavy (non-hydrogen) atoms. The number of hydrogen-bond acceptors (Lipinski definition) is 4. The number of hydrogen-bond donors (Lipinski definition) is 0. The van der Waals surface area contributed by atoms with Crippen LogP contribution in [0.4, 0.5) is 8.78 Å². The van der Waals surface area contributed by atoms with Crippen molar-refractivity contribution in [1.29, 1.82) is 0 Å². The van der Waals surface area contributed by atoms with E-state index < -0.39 is 24.1 Å². The van der Waals surface area contributed by atoms with E-state index in [4.69, 9.17) is 9.47 Å². The molecule has 0 saturated carbocycles. The average molecular weight is 455 g/mol. The summed E-state index contributed by atoms with van der Waals surface area (Å²) in [6.07, 6.45) is -1.13. The van der Waals surface area contributed by atoms with Gasteiger partial charge in [0.05, 0.1) is 16.9 Å². The van der Waals surface area contributed by atoms with Gasteiger partial charge in [0, 0.05) is 5.56 Å². The molecule has 3 aromatic rings. The Morgan fingerprint density at radius 1 is 1.15 bits per heavy atom. The van der Waals surface area contributed by atoms with Crippen molar-refractivity contribution >= 4 is 5.97 Å². The fourth-order valence-electron chi connectivity index (χ4n) is 4.09. The first-order valence-electron chi connectivity index (χ1n) is 11.1. The average Bonchev–Trinajstić information content (AvgIpc) is 3.14. The quantitative estimate of drug-likeness (QED) is 0.411. The largest absolute Gasteiger partial charge is 0.484 e. The van der Waals surface area contributed by atoms with Crippen LogP contribution in [0.2, 0.25) is 0 Å². The third-order valence-electron chi connectivity index (χ3n) is 5.47. The van der Waals surface area contributed by atoms with Gasteiger partial charge < -0.3 is 9.47 Å². The standard InChI is InChI=1S/C26H28F2N2O3/c1-16-7-5-8-18(15-16)30-23-20(22(29-30)24(27)28)9-6-10-21(23)32-19-13-11-17(12-14-19)25(31)33-26(2,3)4/h5,7-8,11-15,21,24H,6,9-10H2,1-4H3. The molecule has 7 heteroatoms. The highest BCUT2D eigenvalue weighted by Gasteiger charge is 2.33. The van der Waals surface area contributed by atoms with Crippen molar-refractivity contribution in [3.8, 4) is 11.4 Å². The number of carbonyl (C=O) groups excluding carboxylic acids is 1. The lowest BCUT2D eigenvalue weighted by Gasteiger charge is -2.26. The number of halogens is 2. The van der Waals surface area contributed by atoms with Gasteiger partial charge in [-0.05, 0) is 88.9 Å². The van der Waals surface area contributed by atoms with Crippen LogP contribution >= 0.6 is 0 Å². The number of esters is 1. The van der Waals surface area contributed by atoms with Crippen LogP contribution in [-0.2, 0) is 11.2 Å². The maximum atomic E-state index is 13.8. The van der Waals surface area contributed by atoms with Crippen LogP contribution in [-0.4, -0.2) is 21.4 Å². The Balaban J connectivity index is 1.65. The topological polar surface area (TPSA) is 53.4 Å². The van der Waals surface area contributed by atoms with E-state index in [9.17, 15) is 13.6 Å². The van der Waals surface area contributed by atoms with E-state index in [1.165, 1.54) is 0 Å². The van der Waals surface area contributed by atoms with Crippen LogP contribution in [0.15, 0.2) is 48.5 Å². The molecule has 1 aromatic heterocycles. The SMILES string of the molecule is Cc1cccc(-n2nc(C(F)F)c3c2C(Oc2ccc(C(=O)OC(C)(C)C)cc2)CCC3)c1. The number of ether oxygens (including phenoxy) is 2. The van der Waals surface area contributed by atoms with E-state index in [0.29, 0.717) is 35.4 Å². The number of fused-ring (bicyclic) bond motifs is 1. The smallest absolute Gasteiger partial charge is 0.338 e. The number of alkyl halides is 2. The van der Waals surface area contributed by atoms with E-state index in [2.05, 4.69) is 5.10 Å². The lowest BCUT2D eigenvalue weighted by atomic mass is 9.93. The fraction of sp³-hybridized carbons (Fsp3) is 0.385. The highest BCUT2D eigenvalue weighted by molar-refractivity contribution is 5.89. The van der Waals surface area contributed by atoms with Crippen molar-refractivity contribution in [2.24, 2.45) is 0 Å². The molecule has 174 valence electrons. The summed E-state index contributed by atoms with van der Waals surface area (Å²) in [5.41, 5.74) is 2.63. The van der Waals surface area contributed by atoms with Gasteiger partial charge in [0.15, 0.2) is 0 Å². The maximum Gasteiger partial charge on any atom is 0.338 e. The first kappa shape index (κ1) is 23.0. The van der Waals surface area contributed by atoms with Crippen molar-refractivity contribution in [3.05, 3.63) is 76.6 Å². The van der Waals surface area contributed by atoms with E-state index in [0.717, 1.165) is 17.7 Å². The molecule has 2 aromatic carbocycles. The molecular formula is C26H28F2N2O3. The molecule has 0 fully saturated rings. The molecule has 0 radical (unpaired) electrons. The molecule has 0 amide bonds. The minimum absolute atomic E-state index is 0.180. The second-order valence-electron chi connectivity index (χ2n) is 9.33. The number of nitrogens with zero attached hydrogens (tertiary/aromatic N) is 2. The molecule has 1 atom stereocenters. The Morgan fingerprint density at radius 3 is 2.52 bits per heavy atom. The summed E-state index contributed by atoms with van der Waals surface area (Å²) >= 11 is 0. The Morgan fingerprint density at radius 2 is 1.88 bits per heavy atom. The molecule has 0 saturated heterocycles. The Bertz CT molecular complexity index is 1150. The first-order valence-corrected chi connectivity index (χ1v) is 11.1. The van der Waals surface area contributed by atoms with Gasteiger partial charge in [-0.1, -0.05) is 12.1 Å². The van der Waals surface area contributed by atoms with Crippen molar-refractivity contribution in [2.75, 3.05) is 0 Å². The van der Waals surface area contributed by atoms with E-state index in [1.54, 1.807) is 28.9 Å². The second kappa shape index (κ2) is 8.96. The number of rotatable bonds is 5. The summed E-state index contributed by atoms with van der Waals surface area (Å²) in [7, 11) is 0. The van der Waals surface area contributed by atoms with E-state index >= 15 is 0 Å². The van der Waals surface area contributed by atoms with Gasteiger partial charge in [0.1, 0.15) is 23.1 Å². The number of benzene rings is 2. The normalized spacial score (nSPS) is 15.9. The highest BCUT2D eigenvalue weighted by atomic mass is 19.3. The van der Waals surface area contributed by atoms with Crippen molar-refractivity contribution in [3.63, 3.8) is 0 Å². The lowest BCUT2D eigenvalue weighted by Crippen LogP contribution is -2.23. The third-order valence-corrected chi connectivity index (χ3v) is 5.47. The van der Waals surface area contributed by atoms with Gasteiger partial charge >= 0.3 is 5.97 Å². The number of carbonyl (C=O) groups is 1. The summed E-state index contributed by atoms with van der Waals surface area (Å²) < 4.78 is 40.8. The molecule has 5 nitrogen and oxygen atoms in total. The predicted octanol–water partition coefficient (Wildman–Crippen LogP) is 6.53. The van der Waals surface area contributed by atoms with Crippen LogP contribution in [0.3, 0.4) is 0 Å². The molecule has 0 N–H and O–H groups in total. The van der Waals surface area contributed by atoms with Crippen molar-refractivity contribution < 1.29 is 23.0 Å². The Labute approximate surface area is 192 Å². The van der Waals surface area contributed by atoms with Crippen LogP contribution in [0.5, 0.6) is 5.75 Å². The Kier molecular flexibility index (Phi) is 6.23. The zero-order valence-corrected chi connectivity index (χ0v) is 19.3. The van der Waals surface area contributed by atoms with Gasteiger partial charge in [-0.3, -0.25) is 0 Å². The zero-order valence-electron chi connectivity index (χ0n) is 19.3. The third kappa shape index (κ3) is 5.07. The van der Waals surface area contributed by atoms with Crippen LogP contribution < -0.4 is 4.74 Å². The lowest BCUT2D eigenvalue weighted by molar-refractivity contribution is 0.00694. The second-order valence-corrected chi connectivity index (χ2v) is 9.33. The molecule has 0 spiro atoms. The van der Waals surface area contributed by atoms with E-state index in [-0.39, 0.29) is 5.69 Å². The number of aromatic nitrogens is 2. The molecular weight excluding hydrogens is 426 g/mol. The molecule has 1 aliphatic carbocycles. The van der Waals surface area contributed by atoms with Gasteiger partial charge in [-0.15, -0.1) is 0 Å². The summed E-state index contributed by atoms with van der Waals surface area (Å²) in [4.78, 5) is 12.3. The Hall–Kier alpha value is -3.22. The summed E-state index contributed by atoms with van der Waals surface area (Å²) in [5.74, 6) is 0.142. The van der Waals surface area contributed by atoms with Crippen molar-refractivity contribution in [1.82, 2.24) is 9.78 Å². The van der Waals surface area contributed by atoms with Gasteiger partial charge in [0.2, 0.25) is 0 Å². The predicted molar refractivity (Wildman–Crippen MR) is 121 cm³/mol. The number of aryl methyl sites for hydroxylation is 1. The van der Waals surface area contributed by atoms with Gasteiger partial charge in [-0.25, -0.2) is 18.3 Å². The molecule has 0 aliphatic heterocycles. The van der Waals surface area contributed by atoms with Gasteiger partial charge in [-0.2, -0.15) is 5.10 Å². The van der Waals surface area contributed by atoms with Crippen LogP contribution in [0.1, 0.15) is 79.0 Å². The summed E-state index contributed by atoms with van der Waals surface area (Å²) in [6.45, 7) is 7.39. The summed E-state index contributed by atoms with van der Waals surface area (Å²) in [5, 5.41) is 4.29. The van der Waals surface area contributed by atoms with Gasteiger partial charge in [0.25, 0.3) is 6.43 Å².